The van der Waals surface area contributed by atoms with Gasteiger partial charge in [0.05, 0.1) is 28.1 Å². The summed E-state index contributed by atoms with van der Waals surface area (Å²) in [5, 5.41) is 2.62. The molecule has 0 aliphatic heterocycles. The van der Waals surface area contributed by atoms with Crippen LogP contribution in [0.1, 0.15) is 21.6 Å². The molecule has 5 aromatic rings. The Morgan fingerprint density at radius 3 is 2.55 bits per heavy atom. The number of benzene rings is 2. The van der Waals surface area contributed by atoms with Gasteiger partial charge in [0, 0.05) is 41.9 Å². The highest BCUT2D eigenvalue weighted by Gasteiger charge is 2.22. The number of fused-ring (bicyclic) bond motifs is 2. The minimum Gasteiger partial charge on any atom is -0.334 e. The van der Waals surface area contributed by atoms with E-state index in [-0.39, 0.29) is 17.1 Å². The van der Waals surface area contributed by atoms with Crippen molar-refractivity contribution in [2.45, 2.75) is 6.92 Å². The minimum absolute atomic E-state index is 0.0718. The molecule has 0 saturated heterocycles. The third-order valence-corrected chi connectivity index (χ3v) is 6.81. The number of carbonyl (C=O) groups excluding carboxylic acids is 2. The summed E-state index contributed by atoms with van der Waals surface area (Å²) in [5.41, 5.74) is 4.08. The molecule has 0 radical (unpaired) electrons. The first-order chi connectivity index (χ1) is 18.2. The number of nitrogens with one attached hydrogen (secondary N) is 1. The molecule has 6 nitrogen and oxygen atoms in total. The van der Waals surface area contributed by atoms with E-state index in [1.807, 2.05) is 30.7 Å². The number of imidazole rings is 1. The average Bonchev–Trinajstić information content (AvgIpc) is 3.48. The molecule has 0 saturated carbocycles. The molecule has 3 aromatic heterocycles. The van der Waals surface area contributed by atoms with Crippen molar-refractivity contribution in [2.75, 3.05) is 11.2 Å². The molecule has 0 unspecified atom stereocenters. The summed E-state index contributed by atoms with van der Waals surface area (Å²) in [6.07, 6.45) is 5.79. The second-order valence-corrected chi connectivity index (χ2v) is 9.38. The van der Waals surface area contributed by atoms with Crippen LogP contribution in [0.15, 0.2) is 67.1 Å². The first-order valence-corrected chi connectivity index (χ1v) is 12.4. The molecule has 0 bridgehead atoms. The van der Waals surface area contributed by atoms with Gasteiger partial charge < -0.3 is 14.3 Å². The van der Waals surface area contributed by atoms with E-state index in [1.165, 1.54) is 6.08 Å². The summed E-state index contributed by atoms with van der Waals surface area (Å²) >= 11 is 12.3. The Bertz CT molecular complexity index is 1770. The molecular weight excluding hydrogens is 533 g/mol. The van der Waals surface area contributed by atoms with Gasteiger partial charge in [-0.3, -0.25) is 9.59 Å². The molecule has 38 heavy (non-hydrogen) atoms. The smallest absolute Gasteiger partial charge is 0.248 e. The van der Waals surface area contributed by atoms with E-state index in [4.69, 9.17) is 23.2 Å². The normalized spacial score (nSPS) is 11.6. The number of ketones is 1. The van der Waals surface area contributed by atoms with Gasteiger partial charge in [-0.2, -0.15) is 0 Å². The van der Waals surface area contributed by atoms with Gasteiger partial charge in [-0.1, -0.05) is 23.7 Å². The van der Waals surface area contributed by atoms with Crippen molar-refractivity contribution < 1.29 is 18.4 Å². The Balaban J connectivity index is 1.56. The van der Waals surface area contributed by atoms with Gasteiger partial charge in [0.25, 0.3) is 0 Å². The molecular formula is C28H20Cl2F2N4O2. The quantitative estimate of drug-likeness (QED) is 0.145. The van der Waals surface area contributed by atoms with Crippen LogP contribution in [0, 0.1) is 18.6 Å². The van der Waals surface area contributed by atoms with Crippen LogP contribution in [-0.4, -0.2) is 31.5 Å². The van der Waals surface area contributed by atoms with Crippen molar-refractivity contribution in [2.24, 2.45) is 7.05 Å². The maximum atomic E-state index is 14.7. The van der Waals surface area contributed by atoms with Crippen molar-refractivity contribution in [3.8, 4) is 11.1 Å². The summed E-state index contributed by atoms with van der Waals surface area (Å²) in [6, 6.07) is 10.8. The highest BCUT2D eigenvalue weighted by atomic mass is 35.5. The fraction of sp³-hybridized carbons (Fsp3) is 0.107. The first-order valence-electron chi connectivity index (χ1n) is 11.5. The van der Waals surface area contributed by atoms with Gasteiger partial charge in [0.15, 0.2) is 0 Å². The second kappa shape index (κ2) is 10.0. The highest BCUT2D eigenvalue weighted by Crippen LogP contribution is 2.39. The molecule has 5 rings (SSSR count). The number of anilines is 1. The largest absolute Gasteiger partial charge is 0.334 e. The van der Waals surface area contributed by atoms with Gasteiger partial charge in [-0.25, -0.2) is 13.8 Å². The predicted octanol–water partition coefficient (Wildman–Crippen LogP) is 6.70. The lowest BCUT2D eigenvalue weighted by Gasteiger charge is -2.13. The Morgan fingerprint density at radius 2 is 1.84 bits per heavy atom. The van der Waals surface area contributed by atoms with Crippen molar-refractivity contribution in [3.05, 3.63) is 101 Å². The van der Waals surface area contributed by atoms with E-state index in [0.717, 1.165) is 40.4 Å². The molecule has 0 aliphatic carbocycles. The van der Waals surface area contributed by atoms with Crippen molar-refractivity contribution in [1.29, 1.82) is 0 Å². The van der Waals surface area contributed by atoms with Gasteiger partial charge in [0.2, 0.25) is 11.7 Å². The molecule has 3 heterocycles. The van der Waals surface area contributed by atoms with Gasteiger partial charge >= 0.3 is 0 Å². The zero-order valence-electron chi connectivity index (χ0n) is 20.2. The lowest BCUT2D eigenvalue weighted by atomic mass is 9.99. The molecule has 1 amide bonds. The van der Waals surface area contributed by atoms with E-state index >= 15 is 0 Å². The van der Waals surface area contributed by atoms with Gasteiger partial charge in [0.1, 0.15) is 22.8 Å². The van der Waals surface area contributed by atoms with Gasteiger partial charge in [-0.05, 0) is 48.9 Å². The van der Waals surface area contributed by atoms with Crippen molar-refractivity contribution in [3.63, 3.8) is 0 Å². The number of carbonyl (C=O) groups is 2. The van der Waals surface area contributed by atoms with Crippen LogP contribution in [-0.2, 0) is 11.8 Å². The molecule has 1 N–H and O–H groups in total. The number of hydrogen-bond donors (Lipinski definition) is 1. The van der Waals surface area contributed by atoms with Crippen LogP contribution in [0.2, 0.25) is 5.02 Å². The monoisotopic (exact) mass is 552 g/mol. The first kappa shape index (κ1) is 25.6. The molecule has 0 aliphatic rings. The van der Waals surface area contributed by atoms with Crippen molar-refractivity contribution >= 4 is 57.1 Å². The number of alkyl halides is 1. The van der Waals surface area contributed by atoms with E-state index in [0.29, 0.717) is 16.1 Å². The molecule has 0 fully saturated rings. The summed E-state index contributed by atoms with van der Waals surface area (Å²) in [5.74, 6) is -3.42. The van der Waals surface area contributed by atoms with Crippen LogP contribution in [0.4, 0.5) is 14.5 Å². The Kier molecular flexibility index (Phi) is 6.77. The summed E-state index contributed by atoms with van der Waals surface area (Å²) in [4.78, 5) is 29.6. The Labute approximate surface area is 226 Å². The third kappa shape index (κ3) is 4.36. The van der Waals surface area contributed by atoms with E-state index in [1.54, 1.807) is 35.1 Å². The molecule has 0 atom stereocenters. The van der Waals surface area contributed by atoms with Gasteiger partial charge in [-0.15, -0.1) is 11.6 Å². The maximum Gasteiger partial charge on any atom is 0.248 e. The molecule has 2 aromatic carbocycles. The summed E-state index contributed by atoms with van der Waals surface area (Å²) in [6.45, 7) is 1.95. The van der Waals surface area contributed by atoms with Crippen LogP contribution in [0.3, 0.4) is 0 Å². The van der Waals surface area contributed by atoms with Crippen LogP contribution < -0.4 is 5.32 Å². The minimum atomic E-state index is -1.08. The van der Waals surface area contributed by atoms with Crippen LogP contribution in [0.25, 0.3) is 27.7 Å². The summed E-state index contributed by atoms with van der Waals surface area (Å²) < 4.78 is 33.0. The lowest BCUT2D eigenvalue weighted by Crippen LogP contribution is -2.13. The number of pyridine rings is 1. The molecule has 10 heteroatoms. The fourth-order valence-electron chi connectivity index (χ4n) is 4.50. The highest BCUT2D eigenvalue weighted by molar-refractivity contribution is 6.38. The third-order valence-electron chi connectivity index (χ3n) is 6.26. The Morgan fingerprint density at radius 1 is 1.11 bits per heavy atom. The predicted molar refractivity (Wildman–Crippen MR) is 145 cm³/mol. The number of amides is 1. The standard InChI is InChI=1S/C28H20Cl2F2N4O2/c1-15-11-22-27(33-14-35(22)2)25(30)24(15)17-5-4-10-36-20(17)7-8-21(36)28(38)16-12-18(31)26(19(32)13-16)34-23(37)6-3-9-29/h3-8,10-14H,9H2,1-2H3,(H,34,37)/b6-3+. The average molecular weight is 553 g/mol. The maximum absolute atomic E-state index is 14.7. The fourth-order valence-corrected chi connectivity index (χ4v) is 4.99. The van der Waals surface area contributed by atoms with Crippen LogP contribution >= 0.6 is 23.2 Å². The number of nitrogens with zero attached hydrogens (tertiary/aromatic N) is 3. The number of aryl methyl sites for hydroxylation is 2. The number of halogens is 4. The van der Waals surface area contributed by atoms with E-state index in [2.05, 4.69) is 10.3 Å². The summed E-state index contributed by atoms with van der Waals surface area (Å²) in [7, 11) is 1.89. The SMILES string of the molecule is Cc1cc2c(ncn2C)c(Cl)c1-c1cccn2c(C(=O)c3cc(F)c(NC(=O)/C=C/CCl)c(F)c3)ccc12. The second-order valence-electron chi connectivity index (χ2n) is 8.69. The zero-order chi connectivity index (χ0) is 27.1. The number of allylic oxidation sites excluding steroid dienone is 1. The molecule has 192 valence electrons. The van der Waals surface area contributed by atoms with E-state index < -0.39 is 29.0 Å². The molecule has 0 spiro atoms. The van der Waals surface area contributed by atoms with Crippen molar-refractivity contribution in [1.82, 2.24) is 14.0 Å². The lowest BCUT2D eigenvalue weighted by molar-refractivity contribution is -0.112. The number of rotatable bonds is 6. The topological polar surface area (TPSA) is 68.4 Å². The van der Waals surface area contributed by atoms with E-state index in [9.17, 15) is 18.4 Å². The number of hydrogen-bond acceptors (Lipinski definition) is 3. The Hall–Kier alpha value is -4.01. The van der Waals surface area contributed by atoms with Crippen LogP contribution in [0.5, 0.6) is 0 Å². The number of aromatic nitrogens is 3. The zero-order valence-corrected chi connectivity index (χ0v) is 21.7.